The lowest BCUT2D eigenvalue weighted by Crippen LogP contribution is -2.03. The second-order valence-electron chi connectivity index (χ2n) is 9.90. The largest absolute Gasteiger partial charge is 0.497 e. The van der Waals surface area contributed by atoms with Gasteiger partial charge in [0.15, 0.2) is 11.5 Å². The van der Waals surface area contributed by atoms with Gasteiger partial charge in [0.1, 0.15) is 34.1 Å². The van der Waals surface area contributed by atoms with Crippen molar-refractivity contribution < 1.29 is 28.5 Å². The topological polar surface area (TPSA) is 108 Å². The molecule has 2 aromatic heterocycles. The SMILES string of the molecule is COc1ccc(Cn2nc(Nc3cccc(C=C(F)C(=O)O)c3)c3c(Oc4ccc(Oc5ccccc5)cc4)ccnc32)cc1. The zero-order chi connectivity index (χ0) is 31.2. The van der Waals surface area contributed by atoms with Crippen LogP contribution in [0.25, 0.3) is 17.1 Å². The summed E-state index contributed by atoms with van der Waals surface area (Å²) in [5.74, 6) is 0.773. The molecule has 0 saturated carbocycles. The summed E-state index contributed by atoms with van der Waals surface area (Å²) in [4.78, 5) is 15.6. The fourth-order valence-electron chi connectivity index (χ4n) is 4.63. The summed E-state index contributed by atoms with van der Waals surface area (Å²) < 4.78 is 33.1. The van der Waals surface area contributed by atoms with E-state index in [1.165, 1.54) is 0 Å². The Balaban J connectivity index is 1.35. The zero-order valence-electron chi connectivity index (χ0n) is 24.1. The lowest BCUT2D eigenvalue weighted by molar-refractivity contribution is -0.134. The third-order valence-corrected chi connectivity index (χ3v) is 6.76. The van der Waals surface area contributed by atoms with Gasteiger partial charge in [-0.15, -0.1) is 0 Å². The van der Waals surface area contributed by atoms with Gasteiger partial charge in [0.2, 0.25) is 5.83 Å². The fraction of sp³-hybridized carbons (Fsp3) is 0.0571. The van der Waals surface area contributed by atoms with Gasteiger partial charge >= 0.3 is 5.97 Å². The first-order valence-corrected chi connectivity index (χ1v) is 13.9. The van der Waals surface area contributed by atoms with Gasteiger partial charge in [-0.1, -0.05) is 42.5 Å². The summed E-state index contributed by atoms with van der Waals surface area (Å²) in [5, 5.41) is 17.7. The Morgan fingerprint density at radius 2 is 1.56 bits per heavy atom. The average Bonchev–Trinajstić information content (AvgIpc) is 3.40. The van der Waals surface area contributed by atoms with Crippen molar-refractivity contribution in [1.82, 2.24) is 14.8 Å². The van der Waals surface area contributed by atoms with Gasteiger partial charge in [-0.25, -0.2) is 14.5 Å². The predicted molar refractivity (Wildman–Crippen MR) is 169 cm³/mol. The molecule has 0 unspecified atom stereocenters. The van der Waals surface area contributed by atoms with E-state index >= 15 is 0 Å². The number of hydrogen-bond acceptors (Lipinski definition) is 7. The highest BCUT2D eigenvalue weighted by Crippen LogP contribution is 2.36. The summed E-state index contributed by atoms with van der Waals surface area (Å²) in [6.07, 6.45) is 2.61. The highest BCUT2D eigenvalue weighted by Gasteiger charge is 2.18. The van der Waals surface area contributed by atoms with Gasteiger partial charge in [-0.3, -0.25) is 0 Å². The van der Waals surface area contributed by atoms with Crippen LogP contribution >= 0.6 is 0 Å². The van der Waals surface area contributed by atoms with Gasteiger partial charge in [-0.05, 0) is 77.9 Å². The number of carboxylic acids is 1. The molecule has 4 aromatic carbocycles. The number of aliphatic carboxylic acids is 1. The molecule has 0 fully saturated rings. The van der Waals surface area contributed by atoms with Crippen molar-refractivity contribution in [2.45, 2.75) is 6.54 Å². The lowest BCUT2D eigenvalue weighted by Gasteiger charge is -2.10. The second-order valence-corrected chi connectivity index (χ2v) is 9.90. The van der Waals surface area contributed by atoms with Crippen LogP contribution in [0.5, 0.6) is 28.7 Å². The molecule has 45 heavy (non-hydrogen) atoms. The van der Waals surface area contributed by atoms with Crippen LogP contribution in [0.4, 0.5) is 15.9 Å². The van der Waals surface area contributed by atoms with Crippen LogP contribution in [0.15, 0.2) is 121 Å². The quantitative estimate of drug-likeness (QED) is 0.143. The molecule has 0 aliphatic carbocycles. The minimum absolute atomic E-state index is 0.370. The molecule has 0 amide bonds. The molecule has 224 valence electrons. The number of methoxy groups -OCH3 is 1. The standard InChI is InChI=1S/C35H27FN4O5/c1-43-26-12-10-23(11-13-26)22-40-34-32(33(39-40)38-25-7-5-6-24(20-25)21-30(36)35(41)42)31(18-19-37-34)45-29-16-14-28(15-17-29)44-27-8-3-2-4-9-27/h2-21H,22H2,1H3,(H,38,39)(H,41,42). The van der Waals surface area contributed by atoms with Crippen LogP contribution in [0.1, 0.15) is 11.1 Å². The second kappa shape index (κ2) is 13.0. The molecule has 6 rings (SSSR count). The van der Waals surface area contributed by atoms with Gasteiger partial charge in [0, 0.05) is 18.0 Å². The van der Waals surface area contributed by atoms with Crippen LogP contribution < -0.4 is 19.5 Å². The molecule has 0 saturated heterocycles. The zero-order valence-corrected chi connectivity index (χ0v) is 24.1. The van der Waals surface area contributed by atoms with E-state index in [-0.39, 0.29) is 0 Å². The van der Waals surface area contributed by atoms with E-state index in [2.05, 4.69) is 10.3 Å². The van der Waals surface area contributed by atoms with Crippen molar-refractivity contribution in [2.24, 2.45) is 0 Å². The number of pyridine rings is 1. The first-order valence-electron chi connectivity index (χ1n) is 13.9. The van der Waals surface area contributed by atoms with Crippen LogP contribution in [-0.2, 0) is 11.3 Å². The Labute approximate surface area is 257 Å². The molecule has 0 bridgehead atoms. The normalized spacial score (nSPS) is 11.3. The molecule has 2 heterocycles. The minimum atomic E-state index is -1.64. The molecule has 0 aliphatic heterocycles. The maximum atomic E-state index is 13.8. The molecule has 6 aromatic rings. The van der Waals surface area contributed by atoms with Crippen molar-refractivity contribution in [3.05, 3.63) is 132 Å². The van der Waals surface area contributed by atoms with Gasteiger partial charge in [0.05, 0.1) is 13.7 Å². The maximum absolute atomic E-state index is 13.8. The first kappa shape index (κ1) is 28.9. The number of benzene rings is 4. The minimum Gasteiger partial charge on any atom is -0.497 e. The Morgan fingerprint density at radius 3 is 2.27 bits per heavy atom. The highest BCUT2D eigenvalue weighted by atomic mass is 19.1. The highest BCUT2D eigenvalue weighted by molar-refractivity contribution is 5.95. The number of nitrogens with zero attached hydrogens (tertiary/aromatic N) is 3. The molecule has 10 heteroatoms. The summed E-state index contributed by atoms with van der Waals surface area (Å²) in [5.41, 5.74) is 2.48. The number of carbonyl (C=O) groups is 1. The third-order valence-electron chi connectivity index (χ3n) is 6.76. The van der Waals surface area contributed by atoms with E-state index < -0.39 is 11.8 Å². The molecule has 9 nitrogen and oxygen atoms in total. The van der Waals surface area contributed by atoms with E-state index in [4.69, 9.17) is 24.4 Å². The summed E-state index contributed by atoms with van der Waals surface area (Å²) in [6.45, 7) is 0.413. The monoisotopic (exact) mass is 602 g/mol. The lowest BCUT2D eigenvalue weighted by atomic mass is 10.1. The molecule has 2 N–H and O–H groups in total. The number of fused-ring (bicyclic) bond motifs is 1. The average molecular weight is 603 g/mol. The first-order chi connectivity index (χ1) is 21.9. The van der Waals surface area contributed by atoms with Crippen LogP contribution in [0.2, 0.25) is 0 Å². The number of rotatable bonds is 11. The third kappa shape index (κ3) is 6.91. The summed E-state index contributed by atoms with van der Waals surface area (Å²) in [6, 6.07) is 32.9. The van der Waals surface area contributed by atoms with Crippen molar-refractivity contribution in [3.63, 3.8) is 0 Å². The smallest absolute Gasteiger partial charge is 0.364 e. The van der Waals surface area contributed by atoms with E-state index in [9.17, 15) is 9.18 Å². The number of para-hydroxylation sites is 1. The molecule has 0 radical (unpaired) electrons. The predicted octanol–water partition coefficient (Wildman–Crippen LogP) is 8.21. The molecular formula is C35H27FN4O5. The number of aromatic nitrogens is 3. The number of carboxylic acid groups (broad SMARTS) is 1. The fourth-order valence-corrected chi connectivity index (χ4v) is 4.63. The van der Waals surface area contributed by atoms with Crippen LogP contribution in [0.3, 0.4) is 0 Å². The van der Waals surface area contributed by atoms with Gasteiger partial charge in [-0.2, -0.15) is 9.49 Å². The number of halogens is 1. The number of ether oxygens (including phenoxy) is 3. The Bertz CT molecular complexity index is 1970. The molecule has 0 aliphatic rings. The Hall–Kier alpha value is -6.16. The van der Waals surface area contributed by atoms with Crippen molar-refractivity contribution in [2.75, 3.05) is 12.4 Å². The van der Waals surface area contributed by atoms with E-state index in [0.29, 0.717) is 51.9 Å². The summed E-state index contributed by atoms with van der Waals surface area (Å²) >= 11 is 0. The van der Waals surface area contributed by atoms with Crippen LogP contribution in [0, 0.1) is 0 Å². The van der Waals surface area contributed by atoms with Gasteiger partial charge in [0.25, 0.3) is 0 Å². The van der Waals surface area contributed by atoms with E-state index in [1.54, 1.807) is 48.3 Å². The Morgan fingerprint density at radius 1 is 0.867 bits per heavy atom. The number of hydrogen-bond donors (Lipinski definition) is 2. The van der Waals surface area contributed by atoms with Crippen molar-refractivity contribution in [3.8, 4) is 28.7 Å². The molecular weight excluding hydrogens is 575 g/mol. The maximum Gasteiger partial charge on any atom is 0.364 e. The van der Waals surface area contributed by atoms with Crippen molar-refractivity contribution in [1.29, 1.82) is 0 Å². The van der Waals surface area contributed by atoms with Crippen LogP contribution in [-0.4, -0.2) is 33.0 Å². The van der Waals surface area contributed by atoms with E-state index in [1.807, 2.05) is 78.9 Å². The molecule has 0 atom stereocenters. The van der Waals surface area contributed by atoms with E-state index in [0.717, 1.165) is 23.1 Å². The number of anilines is 2. The Kier molecular flexibility index (Phi) is 8.36. The summed E-state index contributed by atoms with van der Waals surface area (Å²) in [7, 11) is 1.62. The molecule has 0 spiro atoms. The van der Waals surface area contributed by atoms with Crippen molar-refractivity contribution >= 4 is 34.6 Å². The number of nitrogens with one attached hydrogen (secondary N) is 1. The van der Waals surface area contributed by atoms with Gasteiger partial charge < -0.3 is 24.6 Å².